The Morgan fingerprint density at radius 2 is 1.85 bits per heavy atom. The van der Waals surface area contributed by atoms with Gasteiger partial charge >= 0.3 is 5.97 Å². The number of nitrogens with zero attached hydrogens (tertiary/aromatic N) is 2. The van der Waals surface area contributed by atoms with E-state index < -0.39 is 27.1 Å². The Bertz CT molecular complexity index is 1240. The van der Waals surface area contributed by atoms with E-state index in [0.717, 1.165) is 18.1 Å². The summed E-state index contributed by atoms with van der Waals surface area (Å²) in [5.74, 6) is -0.893. The second-order valence-corrected chi connectivity index (χ2v) is 10.2. The lowest BCUT2D eigenvalue weighted by Crippen LogP contribution is -2.43. The number of carbonyl (C=O) groups is 2. The fraction of sp³-hybridized carbons (Fsp3) is 0.400. The lowest BCUT2D eigenvalue weighted by atomic mass is 9.64. The molecule has 1 N–H and O–H groups in total. The molecule has 1 amide bonds. The topological polar surface area (TPSA) is 111 Å². The van der Waals surface area contributed by atoms with Crippen molar-refractivity contribution in [3.05, 3.63) is 68.7 Å². The maximum Gasteiger partial charge on any atom is 0.365 e. The highest BCUT2D eigenvalue weighted by Gasteiger charge is 2.71. The van der Waals surface area contributed by atoms with Crippen LogP contribution in [-0.2, 0) is 9.63 Å². The van der Waals surface area contributed by atoms with Gasteiger partial charge in [0.1, 0.15) is 0 Å². The molecule has 2 aliphatic rings. The zero-order valence-corrected chi connectivity index (χ0v) is 20.2. The van der Waals surface area contributed by atoms with E-state index >= 15 is 0 Å². The number of amides is 1. The number of anilines is 1. The molecule has 2 aliphatic carbocycles. The lowest BCUT2D eigenvalue weighted by Gasteiger charge is -2.39. The van der Waals surface area contributed by atoms with Crippen molar-refractivity contribution in [3.63, 3.8) is 0 Å². The molecule has 2 bridgehead atoms. The standard InChI is InChI=1S/C25H26ClN3O5/c1-15-18(26)9-6-10-19(15)27-22(31)25-12-11-24(4,23(25,2)3)20(14-25)28-34-21(30)16-7-5-8-17(13-16)29(32)33/h5-10,13H,11-12,14H2,1-4H3,(H,27,31)/b28-20-. The number of fused-ring (bicyclic) bond motifs is 2. The van der Waals surface area contributed by atoms with Gasteiger partial charge in [0, 0.05) is 34.7 Å². The molecule has 178 valence electrons. The Morgan fingerprint density at radius 1 is 1.15 bits per heavy atom. The number of benzene rings is 2. The summed E-state index contributed by atoms with van der Waals surface area (Å²) < 4.78 is 0. The molecule has 34 heavy (non-hydrogen) atoms. The molecule has 2 aromatic carbocycles. The molecular formula is C25H26ClN3O5. The van der Waals surface area contributed by atoms with E-state index in [1.54, 1.807) is 12.1 Å². The summed E-state index contributed by atoms with van der Waals surface area (Å²) in [6.45, 7) is 8.00. The highest BCUT2D eigenvalue weighted by atomic mass is 35.5. The molecule has 2 aromatic rings. The summed E-state index contributed by atoms with van der Waals surface area (Å²) in [5.41, 5.74) is 0.304. The van der Waals surface area contributed by atoms with E-state index in [4.69, 9.17) is 16.4 Å². The zero-order chi connectivity index (χ0) is 24.9. The maximum absolute atomic E-state index is 13.6. The van der Waals surface area contributed by atoms with Crippen molar-refractivity contribution in [1.29, 1.82) is 0 Å². The molecule has 0 spiro atoms. The summed E-state index contributed by atoms with van der Waals surface area (Å²) in [5, 5.41) is 18.8. The largest absolute Gasteiger partial charge is 0.365 e. The lowest BCUT2D eigenvalue weighted by molar-refractivity contribution is -0.384. The van der Waals surface area contributed by atoms with Gasteiger partial charge in [-0.3, -0.25) is 14.9 Å². The second-order valence-electron chi connectivity index (χ2n) is 9.81. The van der Waals surface area contributed by atoms with Crippen LogP contribution in [0.15, 0.2) is 47.6 Å². The van der Waals surface area contributed by atoms with E-state index in [1.807, 2.05) is 19.9 Å². The van der Waals surface area contributed by atoms with Crippen LogP contribution in [-0.4, -0.2) is 22.5 Å². The smallest absolute Gasteiger partial charge is 0.325 e. The number of non-ortho nitro benzene ring substituents is 1. The first-order valence-corrected chi connectivity index (χ1v) is 11.4. The molecule has 4 rings (SSSR count). The van der Waals surface area contributed by atoms with Gasteiger partial charge in [-0.25, -0.2) is 4.79 Å². The molecule has 0 heterocycles. The number of carbonyl (C=O) groups excluding carboxylic acids is 2. The third-order valence-corrected chi connectivity index (χ3v) is 8.63. The minimum atomic E-state index is -0.784. The first-order chi connectivity index (χ1) is 15.9. The number of halogens is 1. The summed E-state index contributed by atoms with van der Waals surface area (Å²) in [7, 11) is 0. The van der Waals surface area contributed by atoms with E-state index in [1.165, 1.54) is 18.2 Å². The van der Waals surface area contributed by atoms with Gasteiger partial charge in [-0.05, 0) is 48.9 Å². The van der Waals surface area contributed by atoms with Gasteiger partial charge in [0.05, 0.1) is 21.6 Å². The Morgan fingerprint density at radius 3 is 2.56 bits per heavy atom. The van der Waals surface area contributed by atoms with Crippen LogP contribution in [0.25, 0.3) is 0 Å². The van der Waals surface area contributed by atoms with Gasteiger partial charge in [-0.2, -0.15) is 0 Å². The van der Waals surface area contributed by atoms with Crippen molar-refractivity contribution in [1.82, 2.24) is 0 Å². The van der Waals surface area contributed by atoms with Crippen LogP contribution in [0.1, 0.15) is 56.0 Å². The summed E-state index contributed by atoms with van der Waals surface area (Å²) in [4.78, 5) is 41.8. The van der Waals surface area contributed by atoms with E-state index in [-0.39, 0.29) is 17.2 Å². The van der Waals surface area contributed by atoms with Crippen LogP contribution in [0.3, 0.4) is 0 Å². The molecule has 0 radical (unpaired) electrons. The molecular weight excluding hydrogens is 458 g/mol. The second kappa shape index (κ2) is 8.20. The fourth-order valence-electron chi connectivity index (χ4n) is 5.40. The predicted octanol–water partition coefficient (Wildman–Crippen LogP) is 5.92. The van der Waals surface area contributed by atoms with Crippen molar-refractivity contribution < 1.29 is 19.3 Å². The number of nitro benzene ring substituents is 1. The van der Waals surface area contributed by atoms with Crippen LogP contribution in [0.2, 0.25) is 5.02 Å². The number of nitrogens with one attached hydrogen (secondary N) is 1. The average Bonchev–Trinajstić information content (AvgIpc) is 3.11. The minimum Gasteiger partial charge on any atom is -0.325 e. The van der Waals surface area contributed by atoms with Crippen molar-refractivity contribution in [2.24, 2.45) is 21.4 Å². The van der Waals surface area contributed by atoms with Crippen LogP contribution >= 0.6 is 11.6 Å². The van der Waals surface area contributed by atoms with Gasteiger partial charge in [0.15, 0.2) is 0 Å². The fourth-order valence-corrected chi connectivity index (χ4v) is 5.58. The van der Waals surface area contributed by atoms with Crippen molar-refractivity contribution in [2.75, 3.05) is 5.32 Å². The SMILES string of the molecule is Cc1c(Cl)cccc1NC(=O)C12CCC(C)(/C(=N\OC(=O)c3cccc([N+](=O)[O-])c3)C1)C2(C)C. The first kappa shape index (κ1) is 23.9. The van der Waals surface area contributed by atoms with Gasteiger partial charge in [-0.15, -0.1) is 0 Å². The molecule has 0 saturated heterocycles. The minimum absolute atomic E-state index is 0.0370. The zero-order valence-electron chi connectivity index (χ0n) is 19.5. The summed E-state index contributed by atoms with van der Waals surface area (Å²) in [6, 6.07) is 10.7. The first-order valence-electron chi connectivity index (χ1n) is 11.0. The normalized spacial score (nSPS) is 25.9. The van der Waals surface area contributed by atoms with Gasteiger partial charge < -0.3 is 10.2 Å². The van der Waals surface area contributed by atoms with Crippen molar-refractivity contribution in [3.8, 4) is 0 Å². The van der Waals surface area contributed by atoms with Gasteiger partial charge in [0.2, 0.25) is 5.91 Å². The maximum atomic E-state index is 13.6. The number of rotatable bonds is 5. The third-order valence-electron chi connectivity index (χ3n) is 8.22. The Kier molecular flexibility index (Phi) is 5.76. The van der Waals surface area contributed by atoms with Crippen LogP contribution in [0.5, 0.6) is 0 Å². The molecule has 2 unspecified atom stereocenters. The predicted molar refractivity (Wildman–Crippen MR) is 129 cm³/mol. The monoisotopic (exact) mass is 483 g/mol. The van der Waals surface area contributed by atoms with Crippen LogP contribution in [0.4, 0.5) is 11.4 Å². The number of nitro groups is 1. The molecule has 2 fully saturated rings. The highest BCUT2D eigenvalue weighted by molar-refractivity contribution is 6.31. The molecule has 9 heteroatoms. The Labute approximate surface area is 202 Å². The Balaban J connectivity index is 1.60. The Hall–Kier alpha value is -3.26. The van der Waals surface area contributed by atoms with Crippen molar-refractivity contribution in [2.45, 2.75) is 47.0 Å². The summed E-state index contributed by atoms with van der Waals surface area (Å²) in [6.07, 6.45) is 1.75. The van der Waals surface area contributed by atoms with E-state index in [9.17, 15) is 19.7 Å². The molecule has 8 nitrogen and oxygen atoms in total. The average molecular weight is 484 g/mol. The third kappa shape index (κ3) is 3.48. The summed E-state index contributed by atoms with van der Waals surface area (Å²) >= 11 is 6.23. The number of oxime groups is 1. The highest BCUT2D eigenvalue weighted by Crippen LogP contribution is 2.71. The molecule has 2 atom stereocenters. The number of hydrogen-bond donors (Lipinski definition) is 1. The quantitative estimate of drug-likeness (QED) is 0.322. The van der Waals surface area contributed by atoms with Crippen LogP contribution < -0.4 is 5.32 Å². The molecule has 0 aliphatic heterocycles. The van der Waals surface area contributed by atoms with E-state index in [2.05, 4.69) is 24.3 Å². The van der Waals surface area contributed by atoms with Gasteiger partial charge in [-0.1, -0.05) is 49.7 Å². The number of hydrogen-bond acceptors (Lipinski definition) is 6. The van der Waals surface area contributed by atoms with E-state index in [0.29, 0.717) is 29.3 Å². The van der Waals surface area contributed by atoms with Crippen molar-refractivity contribution >= 4 is 40.6 Å². The van der Waals surface area contributed by atoms with Crippen LogP contribution in [0, 0.1) is 33.3 Å². The molecule has 0 aromatic heterocycles. The van der Waals surface area contributed by atoms with Gasteiger partial charge in [0.25, 0.3) is 5.69 Å². The molecule has 2 saturated carbocycles.